The zero-order valence-electron chi connectivity index (χ0n) is 13.5. The van der Waals surface area contributed by atoms with E-state index in [9.17, 15) is 5.11 Å². The Kier molecular flexibility index (Phi) is 5.65. The molecule has 118 valence electrons. The van der Waals surface area contributed by atoms with Gasteiger partial charge in [-0.25, -0.2) is 0 Å². The lowest BCUT2D eigenvalue weighted by Gasteiger charge is -2.39. The van der Waals surface area contributed by atoms with Crippen LogP contribution in [0.25, 0.3) is 0 Å². The molecule has 1 aromatic rings. The summed E-state index contributed by atoms with van der Waals surface area (Å²) in [5.41, 5.74) is 9.25. The van der Waals surface area contributed by atoms with Crippen molar-refractivity contribution in [1.82, 2.24) is 5.32 Å². The van der Waals surface area contributed by atoms with Crippen molar-refractivity contribution in [2.75, 3.05) is 12.3 Å². The molecule has 0 aliphatic heterocycles. The van der Waals surface area contributed by atoms with Crippen molar-refractivity contribution in [3.8, 4) is 0 Å². The van der Waals surface area contributed by atoms with E-state index in [0.29, 0.717) is 5.92 Å². The Balaban J connectivity index is 2.07. The van der Waals surface area contributed by atoms with Crippen molar-refractivity contribution in [2.24, 2.45) is 5.92 Å². The molecule has 1 atom stereocenters. The molecule has 2 rings (SSSR count). The van der Waals surface area contributed by atoms with Crippen molar-refractivity contribution >= 4 is 5.69 Å². The van der Waals surface area contributed by atoms with Crippen LogP contribution in [-0.2, 0) is 13.0 Å². The fourth-order valence-corrected chi connectivity index (χ4v) is 3.62. The topological polar surface area (TPSA) is 58.3 Å². The first-order valence-corrected chi connectivity index (χ1v) is 8.33. The zero-order chi connectivity index (χ0) is 15.3. The fourth-order valence-electron chi connectivity index (χ4n) is 3.62. The molecule has 0 heterocycles. The number of nitrogens with two attached hydrogens (primary N) is 1. The fraction of sp³-hybridized carbons (Fsp3) is 0.667. The summed E-state index contributed by atoms with van der Waals surface area (Å²) in [4.78, 5) is 0. The van der Waals surface area contributed by atoms with Gasteiger partial charge < -0.3 is 16.2 Å². The second kappa shape index (κ2) is 7.28. The third-order valence-corrected chi connectivity index (χ3v) is 5.18. The molecule has 1 aromatic carbocycles. The second-order valence-electron chi connectivity index (χ2n) is 6.60. The van der Waals surface area contributed by atoms with E-state index in [4.69, 9.17) is 5.73 Å². The van der Waals surface area contributed by atoms with E-state index in [0.717, 1.165) is 18.7 Å². The molecule has 0 spiro atoms. The van der Waals surface area contributed by atoms with Gasteiger partial charge in [-0.2, -0.15) is 0 Å². The van der Waals surface area contributed by atoms with Gasteiger partial charge >= 0.3 is 0 Å². The maximum atomic E-state index is 9.91. The van der Waals surface area contributed by atoms with Crippen LogP contribution in [0.3, 0.4) is 0 Å². The van der Waals surface area contributed by atoms with Crippen molar-refractivity contribution < 1.29 is 5.11 Å². The minimum atomic E-state index is -0.184. The van der Waals surface area contributed by atoms with Crippen molar-refractivity contribution in [2.45, 2.75) is 64.5 Å². The van der Waals surface area contributed by atoms with Crippen molar-refractivity contribution in [3.05, 3.63) is 29.3 Å². The summed E-state index contributed by atoms with van der Waals surface area (Å²) in [6, 6.07) is 6.12. The summed E-state index contributed by atoms with van der Waals surface area (Å²) < 4.78 is 0. The van der Waals surface area contributed by atoms with Crippen LogP contribution in [0.15, 0.2) is 18.2 Å². The van der Waals surface area contributed by atoms with Crippen LogP contribution < -0.4 is 11.1 Å². The quantitative estimate of drug-likeness (QED) is 0.705. The number of hydrogen-bond donors (Lipinski definition) is 3. The van der Waals surface area contributed by atoms with Gasteiger partial charge in [0.05, 0.1) is 6.61 Å². The number of aliphatic hydroxyl groups excluding tert-OH is 1. The summed E-state index contributed by atoms with van der Waals surface area (Å²) in [5.74, 6) is 0.572. The van der Waals surface area contributed by atoms with Gasteiger partial charge in [0.2, 0.25) is 0 Å². The maximum Gasteiger partial charge on any atom is 0.0613 e. The first-order valence-electron chi connectivity index (χ1n) is 8.33. The van der Waals surface area contributed by atoms with Gasteiger partial charge in [-0.3, -0.25) is 0 Å². The molecule has 0 amide bonds. The Morgan fingerprint density at radius 1 is 1.29 bits per heavy atom. The average Bonchev–Trinajstić information content (AvgIpc) is 2.53. The highest BCUT2D eigenvalue weighted by molar-refractivity contribution is 5.50. The molecule has 3 heteroatoms. The summed E-state index contributed by atoms with van der Waals surface area (Å²) in [6.07, 6.45) is 7.32. The van der Waals surface area contributed by atoms with Crippen molar-refractivity contribution in [1.29, 1.82) is 0 Å². The van der Waals surface area contributed by atoms with E-state index in [1.165, 1.54) is 43.2 Å². The molecule has 0 aromatic heterocycles. The van der Waals surface area contributed by atoms with Crippen LogP contribution in [0.2, 0.25) is 0 Å². The summed E-state index contributed by atoms with van der Waals surface area (Å²) >= 11 is 0. The predicted molar refractivity (Wildman–Crippen MR) is 89.1 cm³/mol. The highest BCUT2D eigenvalue weighted by Gasteiger charge is 2.33. The number of aliphatic hydroxyl groups is 1. The standard InChI is InChI=1S/C18H30N2O/c1-3-16-14(8-7-11-17(16)19)12-20-18(2,13-21)15-9-5-4-6-10-15/h7-8,11,15,20-21H,3-6,9-10,12-13,19H2,1-2H3/t18-/m1/s1. The first-order chi connectivity index (χ1) is 10.1. The van der Waals surface area contributed by atoms with Crippen LogP contribution in [0, 0.1) is 5.92 Å². The summed E-state index contributed by atoms with van der Waals surface area (Å²) in [5, 5.41) is 13.5. The lowest BCUT2D eigenvalue weighted by Crippen LogP contribution is -2.52. The van der Waals surface area contributed by atoms with Gasteiger partial charge in [0, 0.05) is 17.8 Å². The number of anilines is 1. The Morgan fingerprint density at radius 2 is 2.00 bits per heavy atom. The second-order valence-corrected chi connectivity index (χ2v) is 6.60. The van der Waals surface area contributed by atoms with Gasteiger partial charge in [0.15, 0.2) is 0 Å². The molecule has 21 heavy (non-hydrogen) atoms. The highest BCUT2D eigenvalue weighted by Crippen LogP contribution is 2.33. The van der Waals surface area contributed by atoms with Crippen LogP contribution in [-0.4, -0.2) is 17.3 Å². The number of rotatable bonds is 6. The molecular weight excluding hydrogens is 260 g/mol. The van der Waals surface area contributed by atoms with E-state index >= 15 is 0 Å². The molecule has 1 fully saturated rings. The minimum Gasteiger partial charge on any atom is -0.398 e. The number of nitrogens with one attached hydrogen (secondary N) is 1. The highest BCUT2D eigenvalue weighted by atomic mass is 16.3. The minimum absolute atomic E-state index is 0.184. The summed E-state index contributed by atoms with van der Waals surface area (Å²) in [6.45, 7) is 5.28. The molecule has 0 unspecified atom stereocenters. The Bertz CT molecular complexity index is 455. The molecule has 4 N–H and O–H groups in total. The Hall–Kier alpha value is -1.06. The van der Waals surface area contributed by atoms with Crippen molar-refractivity contribution in [3.63, 3.8) is 0 Å². The lowest BCUT2D eigenvalue weighted by atomic mass is 9.76. The van der Waals surface area contributed by atoms with E-state index in [-0.39, 0.29) is 12.1 Å². The number of benzene rings is 1. The average molecular weight is 290 g/mol. The predicted octanol–water partition coefficient (Wildman–Crippen LogP) is 3.25. The Morgan fingerprint density at radius 3 is 2.62 bits per heavy atom. The molecule has 0 saturated heterocycles. The maximum absolute atomic E-state index is 9.91. The van der Waals surface area contributed by atoms with Gasteiger partial charge in [0.1, 0.15) is 0 Å². The number of nitrogen functional groups attached to an aromatic ring is 1. The van der Waals surface area contributed by atoms with Gasteiger partial charge in [-0.1, -0.05) is 38.3 Å². The first kappa shape index (κ1) is 16.3. The Labute approximate surface area is 128 Å². The molecule has 3 nitrogen and oxygen atoms in total. The largest absolute Gasteiger partial charge is 0.398 e. The normalized spacial score (nSPS) is 19.4. The van der Waals surface area contributed by atoms with E-state index in [2.05, 4.69) is 25.2 Å². The molecule has 0 radical (unpaired) electrons. The van der Waals surface area contributed by atoms with E-state index in [1.54, 1.807) is 0 Å². The van der Waals surface area contributed by atoms with Crippen LogP contribution in [0.4, 0.5) is 5.69 Å². The summed E-state index contributed by atoms with van der Waals surface area (Å²) in [7, 11) is 0. The molecule has 1 aliphatic rings. The monoisotopic (exact) mass is 290 g/mol. The SMILES string of the molecule is CCc1c(N)cccc1CN[C@](C)(CO)C1CCCCC1. The molecule has 1 saturated carbocycles. The smallest absolute Gasteiger partial charge is 0.0613 e. The lowest BCUT2D eigenvalue weighted by molar-refractivity contribution is 0.0937. The van der Waals surface area contributed by atoms with Crippen LogP contribution in [0.5, 0.6) is 0 Å². The van der Waals surface area contributed by atoms with Gasteiger partial charge in [-0.05, 0) is 49.3 Å². The van der Waals surface area contributed by atoms with E-state index < -0.39 is 0 Å². The molecule has 0 bridgehead atoms. The van der Waals surface area contributed by atoms with Crippen LogP contribution >= 0.6 is 0 Å². The molecular formula is C18H30N2O. The molecule has 1 aliphatic carbocycles. The van der Waals surface area contributed by atoms with E-state index in [1.807, 2.05) is 12.1 Å². The van der Waals surface area contributed by atoms with Gasteiger partial charge in [0.25, 0.3) is 0 Å². The van der Waals surface area contributed by atoms with Gasteiger partial charge in [-0.15, -0.1) is 0 Å². The third kappa shape index (κ3) is 3.78. The van der Waals surface area contributed by atoms with Crippen LogP contribution in [0.1, 0.15) is 57.1 Å². The number of hydrogen-bond acceptors (Lipinski definition) is 3. The zero-order valence-corrected chi connectivity index (χ0v) is 13.5. The third-order valence-electron chi connectivity index (χ3n) is 5.18.